The molecule has 1 fully saturated rings. The van der Waals surface area contributed by atoms with Gasteiger partial charge in [0.1, 0.15) is 0 Å². The molecule has 0 unspecified atom stereocenters. The number of hydrogen-bond donors (Lipinski definition) is 1. The van der Waals surface area contributed by atoms with Gasteiger partial charge in [-0.15, -0.1) is 0 Å². The van der Waals surface area contributed by atoms with Crippen molar-refractivity contribution in [1.82, 2.24) is 4.90 Å². The SMILES string of the molecule is Cc1ccc(C)c(N2C(=O)c3ccc(C(=O)Nc4ccc(CN5CCSCC5)cc4C)cc3C2=O)c1. The molecule has 0 aromatic heterocycles. The summed E-state index contributed by atoms with van der Waals surface area (Å²) in [4.78, 5) is 43.0. The highest BCUT2D eigenvalue weighted by Gasteiger charge is 2.37. The second-order valence-corrected chi connectivity index (χ2v) is 10.7. The first kappa shape index (κ1) is 24.3. The molecule has 2 aliphatic rings. The summed E-state index contributed by atoms with van der Waals surface area (Å²) < 4.78 is 0. The molecule has 3 aromatic rings. The van der Waals surface area contributed by atoms with Crippen molar-refractivity contribution >= 4 is 40.9 Å². The van der Waals surface area contributed by atoms with Crippen LogP contribution in [0.2, 0.25) is 0 Å². The van der Waals surface area contributed by atoms with Crippen molar-refractivity contribution in [2.75, 3.05) is 34.8 Å². The summed E-state index contributed by atoms with van der Waals surface area (Å²) in [5, 5.41) is 2.97. The van der Waals surface area contributed by atoms with Gasteiger partial charge in [-0.2, -0.15) is 11.8 Å². The predicted molar refractivity (Wildman–Crippen MR) is 145 cm³/mol. The monoisotopic (exact) mass is 499 g/mol. The maximum Gasteiger partial charge on any atom is 0.266 e. The van der Waals surface area contributed by atoms with E-state index in [1.165, 1.54) is 28.0 Å². The van der Waals surface area contributed by atoms with Crippen LogP contribution in [0.25, 0.3) is 0 Å². The number of fused-ring (bicyclic) bond motifs is 1. The zero-order chi connectivity index (χ0) is 25.4. The third-order valence-electron chi connectivity index (χ3n) is 6.80. The van der Waals surface area contributed by atoms with Crippen molar-refractivity contribution in [2.45, 2.75) is 27.3 Å². The molecule has 0 aliphatic carbocycles. The highest BCUT2D eigenvalue weighted by molar-refractivity contribution is 7.99. The van der Waals surface area contributed by atoms with Gasteiger partial charge in [-0.25, -0.2) is 4.90 Å². The third-order valence-corrected chi connectivity index (χ3v) is 7.75. The van der Waals surface area contributed by atoms with Gasteiger partial charge in [-0.1, -0.05) is 24.3 Å². The van der Waals surface area contributed by atoms with Crippen molar-refractivity contribution in [3.05, 3.63) is 93.5 Å². The Hall–Kier alpha value is -3.42. The molecule has 184 valence electrons. The molecular formula is C29H29N3O3S. The van der Waals surface area contributed by atoms with E-state index in [0.29, 0.717) is 16.8 Å². The van der Waals surface area contributed by atoms with Crippen molar-refractivity contribution in [2.24, 2.45) is 0 Å². The van der Waals surface area contributed by atoms with Gasteiger partial charge in [0.05, 0.1) is 16.8 Å². The summed E-state index contributed by atoms with van der Waals surface area (Å²) in [6.07, 6.45) is 0. The standard InChI is InChI=1S/C29H29N3O3S/c1-18-4-5-19(2)26(14-18)32-28(34)23-8-7-22(16-24(23)29(32)35)27(33)30-25-9-6-21(15-20(25)3)17-31-10-12-36-13-11-31/h4-9,14-16H,10-13,17H2,1-3H3,(H,30,33). The number of hydrogen-bond acceptors (Lipinski definition) is 5. The normalized spacial score (nSPS) is 15.8. The van der Waals surface area contributed by atoms with Crippen molar-refractivity contribution in [3.8, 4) is 0 Å². The highest BCUT2D eigenvalue weighted by atomic mass is 32.2. The summed E-state index contributed by atoms with van der Waals surface area (Å²) in [6, 6.07) is 16.5. The molecule has 6 nitrogen and oxygen atoms in total. The molecule has 2 heterocycles. The lowest BCUT2D eigenvalue weighted by Crippen LogP contribution is -2.31. The van der Waals surface area contributed by atoms with E-state index in [2.05, 4.69) is 22.3 Å². The summed E-state index contributed by atoms with van der Waals surface area (Å²) in [5.74, 6) is 1.26. The fourth-order valence-corrected chi connectivity index (χ4v) is 5.72. The van der Waals surface area contributed by atoms with Crippen LogP contribution in [-0.4, -0.2) is 47.2 Å². The number of amides is 3. The van der Waals surface area contributed by atoms with Gasteiger partial charge in [-0.05, 0) is 73.4 Å². The first-order valence-electron chi connectivity index (χ1n) is 12.1. The lowest BCUT2D eigenvalue weighted by Gasteiger charge is -2.26. The topological polar surface area (TPSA) is 69.7 Å². The Morgan fingerprint density at radius 2 is 1.61 bits per heavy atom. The molecule has 1 saturated heterocycles. The third kappa shape index (κ3) is 4.68. The summed E-state index contributed by atoms with van der Waals surface area (Å²) in [5.41, 5.74) is 6.23. The molecule has 36 heavy (non-hydrogen) atoms. The van der Waals surface area contributed by atoms with Gasteiger partial charge in [0, 0.05) is 42.4 Å². The molecular weight excluding hydrogens is 470 g/mol. The van der Waals surface area contributed by atoms with Gasteiger partial charge in [0.25, 0.3) is 17.7 Å². The van der Waals surface area contributed by atoms with Crippen molar-refractivity contribution < 1.29 is 14.4 Å². The van der Waals surface area contributed by atoms with Crippen LogP contribution >= 0.6 is 11.8 Å². The summed E-state index contributed by atoms with van der Waals surface area (Å²) in [6.45, 7) is 8.89. The molecule has 7 heteroatoms. The Balaban J connectivity index is 1.33. The van der Waals surface area contributed by atoms with Gasteiger partial charge in [-0.3, -0.25) is 19.3 Å². The fourth-order valence-electron chi connectivity index (χ4n) is 4.74. The molecule has 3 amide bonds. The van der Waals surface area contributed by atoms with E-state index in [-0.39, 0.29) is 17.4 Å². The molecule has 0 radical (unpaired) electrons. The smallest absolute Gasteiger partial charge is 0.266 e. The molecule has 5 rings (SSSR count). The molecule has 3 aromatic carbocycles. The first-order valence-corrected chi connectivity index (χ1v) is 13.3. The number of rotatable bonds is 5. The van der Waals surface area contributed by atoms with Crippen molar-refractivity contribution in [1.29, 1.82) is 0 Å². The van der Waals surface area contributed by atoms with E-state index in [0.717, 1.165) is 42.0 Å². The van der Waals surface area contributed by atoms with Crippen LogP contribution in [0.3, 0.4) is 0 Å². The Kier molecular flexibility index (Phi) is 6.69. The van der Waals surface area contributed by atoms with Gasteiger partial charge < -0.3 is 5.32 Å². The minimum Gasteiger partial charge on any atom is -0.322 e. The summed E-state index contributed by atoms with van der Waals surface area (Å²) >= 11 is 2.00. The highest BCUT2D eigenvalue weighted by Crippen LogP contribution is 2.32. The number of carbonyl (C=O) groups excluding carboxylic acids is 3. The molecule has 0 atom stereocenters. The number of anilines is 2. The van der Waals surface area contributed by atoms with Gasteiger partial charge in [0.15, 0.2) is 0 Å². The lowest BCUT2D eigenvalue weighted by atomic mass is 10.0. The molecule has 1 N–H and O–H groups in total. The van der Waals surface area contributed by atoms with E-state index in [1.54, 1.807) is 12.1 Å². The fraction of sp³-hybridized carbons (Fsp3) is 0.276. The Morgan fingerprint density at radius 3 is 2.36 bits per heavy atom. The Bertz CT molecular complexity index is 1380. The maximum absolute atomic E-state index is 13.2. The number of nitrogens with one attached hydrogen (secondary N) is 1. The van der Waals surface area contributed by atoms with Crippen LogP contribution < -0.4 is 10.2 Å². The van der Waals surface area contributed by atoms with Crippen LogP contribution in [0.5, 0.6) is 0 Å². The van der Waals surface area contributed by atoms with Crippen molar-refractivity contribution in [3.63, 3.8) is 0 Å². The Labute approximate surface area is 215 Å². The average Bonchev–Trinajstić information content (AvgIpc) is 3.12. The maximum atomic E-state index is 13.2. The number of nitrogens with zero attached hydrogens (tertiary/aromatic N) is 2. The first-order chi connectivity index (χ1) is 17.3. The molecule has 0 saturated carbocycles. The van der Waals surface area contributed by atoms with E-state index < -0.39 is 5.91 Å². The summed E-state index contributed by atoms with van der Waals surface area (Å²) in [7, 11) is 0. The van der Waals surface area contributed by atoms with E-state index >= 15 is 0 Å². The number of imide groups is 1. The van der Waals surface area contributed by atoms with Crippen LogP contribution in [0.4, 0.5) is 11.4 Å². The number of benzene rings is 3. The van der Waals surface area contributed by atoms with Crippen LogP contribution in [0.15, 0.2) is 54.6 Å². The number of carbonyl (C=O) groups is 3. The predicted octanol–water partition coefficient (Wildman–Crippen LogP) is 5.21. The van der Waals surface area contributed by atoms with E-state index in [9.17, 15) is 14.4 Å². The lowest BCUT2D eigenvalue weighted by molar-refractivity contribution is 0.0925. The van der Waals surface area contributed by atoms with Gasteiger partial charge in [0.2, 0.25) is 0 Å². The zero-order valence-corrected chi connectivity index (χ0v) is 21.6. The minimum absolute atomic E-state index is 0.250. The molecule has 2 aliphatic heterocycles. The minimum atomic E-state index is -0.407. The number of thioether (sulfide) groups is 1. The van der Waals surface area contributed by atoms with E-state index in [4.69, 9.17) is 0 Å². The Morgan fingerprint density at radius 1 is 0.861 bits per heavy atom. The van der Waals surface area contributed by atoms with Crippen LogP contribution in [0, 0.1) is 20.8 Å². The largest absolute Gasteiger partial charge is 0.322 e. The van der Waals surface area contributed by atoms with E-state index in [1.807, 2.05) is 56.8 Å². The second kappa shape index (κ2) is 9.91. The number of aryl methyl sites for hydroxylation is 3. The second-order valence-electron chi connectivity index (χ2n) is 9.49. The molecule has 0 bridgehead atoms. The van der Waals surface area contributed by atoms with Crippen LogP contribution in [-0.2, 0) is 6.54 Å². The average molecular weight is 500 g/mol. The quantitative estimate of drug-likeness (QED) is 0.488. The van der Waals surface area contributed by atoms with Gasteiger partial charge >= 0.3 is 0 Å². The zero-order valence-electron chi connectivity index (χ0n) is 20.8. The van der Waals surface area contributed by atoms with Crippen LogP contribution in [0.1, 0.15) is 53.3 Å². The molecule has 0 spiro atoms.